The smallest absolute Gasteiger partial charge is 0.322 e. The molecule has 24 heavy (non-hydrogen) atoms. The maximum Gasteiger partial charge on any atom is 0.322 e. The minimum Gasteiger partial charge on any atom is -0.403 e. The Hall–Kier alpha value is -2.96. The number of anilines is 1. The second kappa shape index (κ2) is 6.27. The van der Waals surface area contributed by atoms with Crippen LogP contribution in [-0.4, -0.2) is 25.9 Å². The zero-order valence-electron chi connectivity index (χ0n) is 14.1. The zero-order chi connectivity index (χ0) is 17.3. The van der Waals surface area contributed by atoms with Crippen molar-refractivity contribution in [1.82, 2.24) is 20.0 Å². The lowest BCUT2D eigenvalue weighted by molar-refractivity contribution is 0.101. The Labute approximate surface area is 139 Å². The summed E-state index contributed by atoms with van der Waals surface area (Å²) < 4.78 is 7.23. The Morgan fingerprint density at radius 3 is 2.75 bits per heavy atom. The number of amides is 1. The van der Waals surface area contributed by atoms with E-state index in [4.69, 9.17) is 4.42 Å². The van der Waals surface area contributed by atoms with E-state index >= 15 is 0 Å². The Kier molecular flexibility index (Phi) is 4.16. The monoisotopic (exact) mass is 325 g/mol. The van der Waals surface area contributed by atoms with Crippen molar-refractivity contribution in [1.29, 1.82) is 0 Å². The SMILES string of the molecule is Cc1ccc(C)c(-c2nnc(NC(=O)c3ccnn3C(C)C)o2)c1. The largest absolute Gasteiger partial charge is 0.403 e. The average Bonchev–Trinajstić information content (AvgIpc) is 3.18. The number of hydrogen-bond donors (Lipinski definition) is 1. The molecule has 0 unspecified atom stereocenters. The van der Waals surface area contributed by atoms with Gasteiger partial charge in [-0.1, -0.05) is 22.8 Å². The predicted molar refractivity (Wildman–Crippen MR) is 89.8 cm³/mol. The standard InChI is InChI=1S/C17H19N5O2/c1-10(2)22-14(7-8-18-22)15(23)19-17-21-20-16(24-17)13-9-11(3)5-6-12(13)4/h5-10H,1-4H3,(H,19,21,23). The maximum atomic E-state index is 12.4. The summed E-state index contributed by atoms with van der Waals surface area (Å²) in [6, 6.07) is 7.78. The molecule has 7 nitrogen and oxygen atoms in total. The van der Waals surface area contributed by atoms with Gasteiger partial charge in [0, 0.05) is 17.8 Å². The van der Waals surface area contributed by atoms with Crippen molar-refractivity contribution in [3.63, 3.8) is 0 Å². The quantitative estimate of drug-likeness (QED) is 0.794. The van der Waals surface area contributed by atoms with E-state index in [1.807, 2.05) is 45.9 Å². The van der Waals surface area contributed by atoms with Crippen LogP contribution in [0.3, 0.4) is 0 Å². The van der Waals surface area contributed by atoms with Crippen molar-refractivity contribution < 1.29 is 9.21 Å². The summed E-state index contributed by atoms with van der Waals surface area (Å²) >= 11 is 0. The second-order valence-electron chi connectivity index (χ2n) is 5.94. The van der Waals surface area contributed by atoms with Gasteiger partial charge in [0.2, 0.25) is 5.89 Å². The highest BCUT2D eigenvalue weighted by molar-refractivity contribution is 6.01. The van der Waals surface area contributed by atoms with Crippen LogP contribution in [-0.2, 0) is 0 Å². The molecule has 0 atom stereocenters. The molecule has 0 fully saturated rings. The fourth-order valence-electron chi connectivity index (χ4n) is 2.42. The van der Waals surface area contributed by atoms with Crippen LogP contribution in [0.15, 0.2) is 34.9 Å². The molecule has 1 amide bonds. The first-order valence-corrected chi connectivity index (χ1v) is 7.71. The third-order valence-corrected chi connectivity index (χ3v) is 3.66. The number of hydrogen-bond acceptors (Lipinski definition) is 5. The predicted octanol–water partition coefficient (Wildman–Crippen LogP) is 3.38. The van der Waals surface area contributed by atoms with E-state index in [0.29, 0.717) is 11.6 Å². The highest BCUT2D eigenvalue weighted by Crippen LogP contribution is 2.24. The van der Waals surface area contributed by atoms with Crippen molar-refractivity contribution in [2.75, 3.05) is 5.32 Å². The maximum absolute atomic E-state index is 12.4. The Morgan fingerprint density at radius 1 is 1.21 bits per heavy atom. The van der Waals surface area contributed by atoms with Crippen LogP contribution in [0.2, 0.25) is 0 Å². The van der Waals surface area contributed by atoms with Gasteiger partial charge in [-0.3, -0.25) is 14.8 Å². The first kappa shape index (κ1) is 15.9. The van der Waals surface area contributed by atoms with Crippen LogP contribution >= 0.6 is 0 Å². The number of aryl methyl sites for hydroxylation is 2. The summed E-state index contributed by atoms with van der Waals surface area (Å²) in [5, 5.41) is 14.7. The van der Waals surface area contributed by atoms with Gasteiger partial charge in [0.15, 0.2) is 0 Å². The third-order valence-electron chi connectivity index (χ3n) is 3.66. The molecule has 0 radical (unpaired) electrons. The number of carbonyl (C=O) groups is 1. The Balaban J connectivity index is 1.82. The molecule has 0 aliphatic carbocycles. The molecule has 3 rings (SSSR count). The first-order valence-electron chi connectivity index (χ1n) is 7.71. The summed E-state index contributed by atoms with van der Waals surface area (Å²) in [7, 11) is 0. The minimum atomic E-state index is -0.336. The van der Waals surface area contributed by atoms with Gasteiger partial charge < -0.3 is 4.42 Å². The molecule has 2 heterocycles. The van der Waals surface area contributed by atoms with Crippen LogP contribution in [0.4, 0.5) is 6.01 Å². The summed E-state index contributed by atoms with van der Waals surface area (Å²) in [5.74, 6) is 0.0428. The number of rotatable bonds is 4. The number of nitrogens with zero attached hydrogens (tertiary/aromatic N) is 4. The fourth-order valence-corrected chi connectivity index (χ4v) is 2.42. The number of nitrogens with one attached hydrogen (secondary N) is 1. The molecular weight excluding hydrogens is 306 g/mol. The van der Waals surface area contributed by atoms with Gasteiger partial charge in [0.05, 0.1) is 0 Å². The summed E-state index contributed by atoms with van der Waals surface area (Å²) in [6.45, 7) is 7.87. The lowest BCUT2D eigenvalue weighted by Gasteiger charge is -2.09. The highest BCUT2D eigenvalue weighted by atomic mass is 16.4. The van der Waals surface area contributed by atoms with Crippen molar-refractivity contribution in [2.45, 2.75) is 33.7 Å². The minimum absolute atomic E-state index is 0.0624. The molecule has 0 bridgehead atoms. The zero-order valence-corrected chi connectivity index (χ0v) is 14.1. The average molecular weight is 325 g/mol. The van der Waals surface area contributed by atoms with Crippen molar-refractivity contribution in [3.8, 4) is 11.5 Å². The normalized spacial score (nSPS) is 11.0. The Morgan fingerprint density at radius 2 is 2.00 bits per heavy atom. The van der Waals surface area contributed by atoms with Gasteiger partial charge >= 0.3 is 6.01 Å². The number of benzene rings is 1. The van der Waals surface area contributed by atoms with Crippen molar-refractivity contribution in [2.24, 2.45) is 0 Å². The van der Waals surface area contributed by atoms with Gasteiger partial charge in [-0.2, -0.15) is 5.10 Å². The molecule has 0 aliphatic heterocycles. The van der Waals surface area contributed by atoms with Crippen molar-refractivity contribution in [3.05, 3.63) is 47.3 Å². The number of aromatic nitrogens is 4. The van der Waals surface area contributed by atoms with E-state index in [2.05, 4.69) is 20.6 Å². The van der Waals surface area contributed by atoms with Gasteiger partial charge in [-0.25, -0.2) is 0 Å². The van der Waals surface area contributed by atoms with Crippen LogP contribution < -0.4 is 5.32 Å². The topological polar surface area (TPSA) is 85.8 Å². The molecule has 1 N–H and O–H groups in total. The van der Waals surface area contributed by atoms with Crippen molar-refractivity contribution >= 4 is 11.9 Å². The molecule has 3 aromatic rings. The van der Waals surface area contributed by atoms with E-state index in [1.165, 1.54) is 0 Å². The molecule has 0 spiro atoms. The van der Waals surface area contributed by atoms with Gasteiger partial charge in [-0.15, -0.1) is 5.10 Å². The van der Waals surface area contributed by atoms with E-state index in [0.717, 1.165) is 16.7 Å². The summed E-state index contributed by atoms with van der Waals surface area (Å²) in [4.78, 5) is 12.4. The van der Waals surface area contributed by atoms with E-state index in [-0.39, 0.29) is 18.0 Å². The lowest BCUT2D eigenvalue weighted by Crippen LogP contribution is -2.19. The van der Waals surface area contributed by atoms with E-state index in [1.54, 1.807) is 16.9 Å². The third kappa shape index (κ3) is 3.05. The molecule has 0 aliphatic rings. The fraction of sp³-hybridized carbons (Fsp3) is 0.294. The summed E-state index contributed by atoms with van der Waals surface area (Å²) in [5.41, 5.74) is 3.42. The van der Waals surface area contributed by atoms with E-state index in [9.17, 15) is 4.79 Å². The molecule has 1 aromatic carbocycles. The first-order chi connectivity index (χ1) is 11.5. The second-order valence-corrected chi connectivity index (χ2v) is 5.94. The molecule has 0 saturated heterocycles. The summed E-state index contributed by atoms with van der Waals surface area (Å²) in [6.07, 6.45) is 1.59. The van der Waals surface area contributed by atoms with Gasteiger partial charge in [-0.05, 0) is 45.4 Å². The van der Waals surface area contributed by atoms with Crippen LogP contribution in [0, 0.1) is 13.8 Å². The number of carbonyl (C=O) groups excluding carboxylic acids is 1. The molecular formula is C17H19N5O2. The molecule has 2 aromatic heterocycles. The Bertz CT molecular complexity index is 879. The van der Waals surface area contributed by atoms with Crippen LogP contribution in [0.1, 0.15) is 41.5 Å². The highest BCUT2D eigenvalue weighted by Gasteiger charge is 2.18. The van der Waals surface area contributed by atoms with Gasteiger partial charge in [0.1, 0.15) is 5.69 Å². The van der Waals surface area contributed by atoms with Crippen LogP contribution in [0.5, 0.6) is 0 Å². The van der Waals surface area contributed by atoms with Gasteiger partial charge in [0.25, 0.3) is 5.91 Å². The molecule has 0 saturated carbocycles. The van der Waals surface area contributed by atoms with E-state index < -0.39 is 0 Å². The molecule has 7 heteroatoms. The molecule has 124 valence electrons. The lowest BCUT2D eigenvalue weighted by atomic mass is 10.1. The van der Waals surface area contributed by atoms with Crippen LogP contribution in [0.25, 0.3) is 11.5 Å².